The van der Waals surface area contributed by atoms with Gasteiger partial charge in [0.1, 0.15) is 0 Å². The maximum atomic E-state index is 12.6. The van der Waals surface area contributed by atoms with Crippen molar-refractivity contribution in [2.75, 3.05) is 4.72 Å². The van der Waals surface area contributed by atoms with Crippen LogP contribution in [0.5, 0.6) is 0 Å². The summed E-state index contributed by atoms with van der Waals surface area (Å²) >= 11 is 0. The molecule has 0 saturated carbocycles. The van der Waals surface area contributed by atoms with Gasteiger partial charge in [-0.05, 0) is 37.6 Å². The number of hydrogen-bond donors (Lipinski definition) is 3. The zero-order valence-electron chi connectivity index (χ0n) is 14.3. The minimum Gasteiger partial charge on any atom is -0.348 e. The summed E-state index contributed by atoms with van der Waals surface area (Å²) in [5, 5.41) is 2.41. The molecule has 0 aliphatic rings. The number of aryl methyl sites for hydroxylation is 2. The fourth-order valence-corrected chi connectivity index (χ4v) is 2.92. The van der Waals surface area contributed by atoms with Gasteiger partial charge in [-0.25, -0.2) is 0 Å². The van der Waals surface area contributed by atoms with Gasteiger partial charge in [-0.15, -0.1) is 0 Å². The van der Waals surface area contributed by atoms with Crippen molar-refractivity contribution >= 4 is 21.6 Å². The number of nitrogens with one attached hydrogen (secondary N) is 3. The molecule has 0 unspecified atom stereocenters. The number of para-hydroxylation sites is 1. The van der Waals surface area contributed by atoms with Crippen molar-refractivity contribution in [2.45, 2.75) is 25.9 Å². The second-order valence-corrected chi connectivity index (χ2v) is 7.40. The fraction of sp³-hybridized carbons (Fsp3) is 0.250. The number of benzene rings is 1. The topological polar surface area (TPSA) is 108 Å². The monoisotopic (exact) mass is 403 g/mol. The highest BCUT2D eigenvalue weighted by Crippen LogP contribution is 2.27. The van der Waals surface area contributed by atoms with Crippen LogP contribution in [0.25, 0.3) is 0 Å². The van der Waals surface area contributed by atoms with Gasteiger partial charge in [0.05, 0.1) is 11.3 Å². The number of amides is 1. The Morgan fingerprint density at radius 3 is 2.41 bits per heavy atom. The highest BCUT2D eigenvalue weighted by molar-refractivity contribution is 7.93. The summed E-state index contributed by atoms with van der Waals surface area (Å²) in [6.07, 6.45) is 0. The van der Waals surface area contributed by atoms with E-state index >= 15 is 0 Å². The van der Waals surface area contributed by atoms with Crippen molar-refractivity contribution in [3.63, 3.8) is 0 Å². The molecule has 0 fully saturated rings. The van der Waals surface area contributed by atoms with Gasteiger partial charge in [-0.2, -0.15) is 21.6 Å². The lowest BCUT2D eigenvalue weighted by atomic mass is 10.1. The highest BCUT2D eigenvalue weighted by Gasteiger charge is 2.46. The van der Waals surface area contributed by atoms with Crippen LogP contribution in [0.3, 0.4) is 0 Å². The summed E-state index contributed by atoms with van der Waals surface area (Å²) in [6.45, 7) is 3.19. The molecule has 1 aromatic carbocycles. The van der Waals surface area contributed by atoms with Crippen molar-refractivity contribution in [2.24, 2.45) is 0 Å². The van der Waals surface area contributed by atoms with Crippen LogP contribution in [0, 0.1) is 13.8 Å². The Bertz CT molecular complexity index is 1030. The molecule has 0 aliphatic heterocycles. The van der Waals surface area contributed by atoms with Gasteiger partial charge in [0.25, 0.3) is 11.5 Å². The highest BCUT2D eigenvalue weighted by atomic mass is 32.2. The molecule has 2 rings (SSSR count). The van der Waals surface area contributed by atoms with Crippen molar-refractivity contribution in [1.29, 1.82) is 0 Å². The van der Waals surface area contributed by atoms with Crippen molar-refractivity contribution < 1.29 is 26.4 Å². The van der Waals surface area contributed by atoms with Crippen molar-refractivity contribution in [3.05, 3.63) is 63.1 Å². The predicted octanol–water partition coefficient (Wildman–Crippen LogP) is 2.18. The number of pyridine rings is 1. The van der Waals surface area contributed by atoms with Gasteiger partial charge in [-0.3, -0.25) is 14.3 Å². The molecule has 1 aromatic heterocycles. The average Bonchev–Trinajstić information content (AvgIpc) is 2.52. The first-order chi connectivity index (χ1) is 12.4. The Kier molecular flexibility index (Phi) is 5.64. The van der Waals surface area contributed by atoms with E-state index in [1.54, 1.807) is 19.9 Å². The van der Waals surface area contributed by atoms with Gasteiger partial charge >= 0.3 is 15.5 Å². The van der Waals surface area contributed by atoms with E-state index in [2.05, 4.69) is 10.3 Å². The summed E-state index contributed by atoms with van der Waals surface area (Å²) in [4.78, 5) is 26.9. The third-order valence-corrected chi connectivity index (χ3v) is 4.74. The van der Waals surface area contributed by atoms with E-state index in [9.17, 15) is 31.2 Å². The molecule has 0 atom stereocenters. The predicted molar refractivity (Wildman–Crippen MR) is 92.7 cm³/mol. The Balaban J connectivity index is 2.25. The Morgan fingerprint density at radius 2 is 1.81 bits per heavy atom. The van der Waals surface area contributed by atoms with Crippen LogP contribution in [0.1, 0.15) is 27.2 Å². The van der Waals surface area contributed by atoms with Crippen LogP contribution >= 0.6 is 0 Å². The minimum atomic E-state index is -5.68. The molecular formula is C16H16F3N3O4S. The first kappa shape index (κ1) is 20.5. The van der Waals surface area contributed by atoms with Crippen molar-refractivity contribution in [1.82, 2.24) is 10.3 Å². The third kappa shape index (κ3) is 4.67. The Hall–Kier alpha value is -2.82. The Labute approximate surface area is 152 Å². The van der Waals surface area contributed by atoms with E-state index in [4.69, 9.17) is 0 Å². The largest absolute Gasteiger partial charge is 0.516 e. The quantitative estimate of drug-likeness (QED) is 0.711. The van der Waals surface area contributed by atoms with E-state index in [1.165, 1.54) is 16.9 Å². The Morgan fingerprint density at radius 1 is 1.19 bits per heavy atom. The molecule has 1 amide bonds. The number of sulfonamides is 1. The molecule has 0 saturated heterocycles. The standard InChI is InChI=1S/C16H16F3N3O4S/c1-9-7-10(2)21-15(24)12(9)8-20-14(23)11-5-3-4-6-13(11)22-27(25,26)16(17,18)19/h3-7,22H,8H2,1-2H3,(H,20,23)(H,21,24). The van der Waals surface area contributed by atoms with Crippen LogP contribution in [0.2, 0.25) is 0 Å². The molecule has 11 heteroatoms. The van der Waals surface area contributed by atoms with E-state index < -0.39 is 32.7 Å². The molecule has 1 heterocycles. The van der Waals surface area contributed by atoms with E-state index in [-0.39, 0.29) is 17.7 Å². The third-order valence-electron chi connectivity index (χ3n) is 3.64. The van der Waals surface area contributed by atoms with Crippen LogP contribution in [0.4, 0.5) is 18.9 Å². The summed E-state index contributed by atoms with van der Waals surface area (Å²) in [5.41, 5.74) is -5.22. The lowest BCUT2D eigenvalue weighted by Crippen LogP contribution is -2.32. The minimum absolute atomic E-state index is 0.180. The normalized spacial score (nSPS) is 11.9. The van der Waals surface area contributed by atoms with Gasteiger partial charge in [-0.1, -0.05) is 12.1 Å². The fourth-order valence-electron chi connectivity index (χ4n) is 2.34. The number of anilines is 1. The SMILES string of the molecule is Cc1cc(C)c(CNC(=O)c2ccccc2NS(=O)(=O)C(F)(F)F)c(=O)[nH]1. The molecule has 0 radical (unpaired) electrons. The number of hydrogen-bond acceptors (Lipinski definition) is 4. The van der Waals surface area contributed by atoms with Gasteiger partial charge in [0, 0.05) is 17.8 Å². The molecule has 3 N–H and O–H groups in total. The number of halogens is 3. The van der Waals surface area contributed by atoms with Gasteiger partial charge in [0.15, 0.2) is 0 Å². The molecule has 27 heavy (non-hydrogen) atoms. The van der Waals surface area contributed by atoms with Crippen LogP contribution < -0.4 is 15.6 Å². The second kappa shape index (κ2) is 7.43. The summed E-state index contributed by atoms with van der Waals surface area (Å²) in [7, 11) is -5.68. The van der Waals surface area contributed by atoms with E-state index in [1.807, 2.05) is 0 Å². The van der Waals surface area contributed by atoms with Crippen LogP contribution in [-0.2, 0) is 16.6 Å². The number of carbonyl (C=O) groups excluding carboxylic acids is 1. The van der Waals surface area contributed by atoms with Crippen LogP contribution in [-0.4, -0.2) is 24.8 Å². The average molecular weight is 403 g/mol. The molecule has 0 aliphatic carbocycles. The summed E-state index contributed by atoms with van der Waals surface area (Å²) in [6, 6.07) is 6.54. The zero-order valence-corrected chi connectivity index (χ0v) is 15.1. The zero-order chi connectivity index (χ0) is 20.4. The lowest BCUT2D eigenvalue weighted by Gasteiger charge is -2.14. The summed E-state index contributed by atoms with van der Waals surface area (Å²) in [5.74, 6) is -0.838. The second-order valence-electron chi connectivity index (χ2n) is 5.72. The van der Waals surface area contributed by atoms with E-state index in [0.29, 0.717) is 11.3 Å². The molecule has 2 aromatic rings. The van der Waals surface area contributed by atoms with Crippen LogP contribution in [0.15, 0.2) is 35.1 Å². The molecular weight excluding hydrogens is 387 g/mol. The smallest absolute Gasteiger partial charge is 0.348 e. The van der Waals surface area contributed by atoms with Crippen molar-refractivity contribution in [3.8, 4) is 0 Å². The number of H-pyrrole nitrogens is 1. The number of carbonyl (C=O) groups is 1. The first-order valence-corrected chi connectivity index (χ1v) is 9.06. The number of aromatic amines is 1. The van der Waals surface area contributed by atoms with Gasteiger partial charge in [0.2, 0.25) is 0 Å². The first-order valence-electron chi connectivity index (χ1n) is 7.58. The maximum absolute atomic E-state index is 12.6. The number of aromatic nitrogens is 1. The number of alkyl halides is 3. The number of rotatable bonds is 5. The van der Waals surface area contributed by atoms with Gasteiger partial charge < -0.3 is 10.3 Å². The van der Waals surface area contributed by atoms with E-state index in [0.717, 1.165) is 12.1 Å². The molecule has 7 nitrogen and oxygen atoms in total. The molecule has 0 bridgehead atoms. The maximum Gasteiger partial charge on any atom is 0.516 e. The summed E-state index contributed by atoms with van der Waals surface area (Å²) < 4.78 is 61.6. The molecule has 146 valence electrons. The lowest BCUT2D eigenvalue weighted by molar-refractivity contribution is -0.0429. The molecule has 0 spiro atoms.